The molecule has 1 aromatic heterocycles. The molecule has 20 heavy (non-hydrogen) atoms. The van der Waals surface area contributed by atoms with Gasteiger partial charge in [-0.25, -0.2) is 4.79 Å². The van der Waals surface area contributed by atoms with E-state index in [2.05, 4.69) is 25.9 Å². The summed E-state index contributed by atoms with van der Waals surface area (Å²) in [7, 11) is 0. The summed E-state index contributed by atoms with van der Waals surface area (Å²) in [4.78, 5) is 11.1. The highest BCUT2D eigenvalue weighted by Gasteiger charge is 2.13. The lowest BCUT2D eigenvalue weighted by Gasteiger charge is -2.07. The summed E-state index contributed by atoms with van der Waals surface area (Å²) in [5.74, 6) is -1.05. The van der Waals surface area contributed by atoms with E-state index in [1.807, 2.05) is 6.07 Å². The molecule has 0 aliphatic carbocycles. The van der Waals surface area contributed by atoms with Crippen LogP contribution in [0.4, 0.5) is 5.69 Å². The maximum atomic E-state index is 11.1. The first kappa shape index (κ1) is 13.5. The predicted molar refractivity (Wildman–Crippen MR) is 69.8 cm³/mol. The van der Waals surface area contributed by atoms with E-state index in [1.54, 1.807) is 0 Å². The molecule has 0 radical (unpaired) electrons. The molecule has 0 amide bonds. The van der Waals surface area contributed by atoms with Crippen molar-refractivity contribution >= 4 is 28.8 Å². The van der Waals surface area contributed by atoms with Crippen molar-refractivity contribution in [3.05, 3.63) is 40.8 Å². The lowest BCUT2D eigenvalue weighted by atomic mass is 10.2. The van der Waals surface area contributed by atoms with Gasteiger partial charge < -0.3 is 10.4 Å². The minimum atomic E-state index is -1.14. The molecule has 0 saturated carbocycles. The van der Waals surface area contributed by atoms with Crippen molar-refractivity contribution in [1.82, 2.24) is 20.6 Å². The number of halogens is 1. The Balaban J connectivity index is 2.36. The number of aromatic amines is 1. The summed E-state index contributed by atoms with van der Waals surface area (Å²) < 4.78 is 0. The molecule has 0 spiro atoms. The number of tetrazole rings is 1. The Kier molecular flexibility index (Phi) is 3.93. The van der Waals surface area contributed by atoms with Crippen LogP contribution in [0.15, 0.2) is 24.4 Å². The highest BCUT2D eigenvalue weighted by molar-refractivity contribution is 6.34. The van der Waals surface area contributed by atoms with E-state index in [1.165, 1.54) is 24.4 Å². The number of nitrogens with one attached hydrogen (secondary N) is 2. The average Bonchev–Trinajstić information content (AvgIpc) is 2.94. The second kappa shape index (κ2) is 5.81. The van der Waals surface area contributed by atoms with Crippen LogP contribution in [0.3, 0.4) is 0 Å². The van der Waals surface area contributed by atoms with Gasteiger partial charge in [0.05, 0.1) is 16.3 Å². The number of carboxylic acids is 1. The van der Waals surface area contributed by atoms with Crippen LogP contribution in [0.25, 0.3) is 5.57 Å². The number of anilines is 1. The molecule has 8 nitrogen and oxygen atoms in total. The molecule has 0 aliphatic rings. The van der Waals surface area contributed by atoms with Crippen molar-refractivity contribution in [3.8, 4) is 6.07 Å². The van der Waals surface area contributed by atoms with Gasteiger partial charge in [-0.2, -0.15) is 10.5 Å². The van der Waals surface area contributed by atoms with Crippen molar-refractivity contribution < 1.29 is 9.90 Å². The quantitative estimate of drug-likeness (QED) is 0.728. The smallest absolute Gasteiger partial charge is 0.337 e. The van der Waals surface area contributed by atoms with E-state index in [0.29, 0.717) is 0 Å². The summed E-state index contributed by atoms with van der Waals surface area (Å²) in [5.41, 5.74) is 0.243. The van der Waals surface area contributed by atoms with Gasteiger partial charge in [-0.05, 0) is 17.3 Å². The number of aromatic carboxylic acids is 1. The number of hydrogen-bond donors (Lipinski definition) is 3. The number of benzene rings is 1. The van der Waals surface area contributed by atoms with Gasteiger partial charge in [0.2, 0.25) is 5.82 Å². The standard InChI is InChI=1S/C11H7ClN6O2/c12-8-3-1-2-7(11(19)20)9(8)14-5-6(4-13)10-15-17-18-16-10/h1-3,5,14H,(H,19,20)(H,15,16,17,18). The highest BCUT2D eigenvalue weighted by Crippen LogP contribution is 2.26. The number of hydrogen-bond acceptors (Lipinski definition) is 6. The van der Waals surface area contributed by atoms with Crippen LogP contribution < -0.4 is 5.32 Å². The van der Waals surface area contributed by atoms with Crippen molar-refractivity contribution in [2.45, 2.75) is 0 Å². The van der Waals surface area contributed by atoms with E-state index >= 15 is 0 Å². The SMILES string of the molecule is N#CC(=CNc1c(Cl)cccc1C(=O)O)c1nn[nH]n1. The van der Waals surface area contributed by atoms with Gasteiger partial charge in [-0.15, -0.1) is 10.2 Å². The number of H-pyrrole nitrogens is 1. The van der Waals surface area contributed by atoms with Gasteiger partial charge in [-0.1, -0.05) is 17.7 Å². The van der Waals surface area contributed by atoms with Gasteiger partial charge >= 0.3 is 5.97 Å². The molecule has 0 saturated heterocycles. The molecule has 1 aromatic carbocycles. The first-order valence-electron chi connectivity index (χ1n) is 5.26. The Morgan fingerprint density at radius 3 is 2.95 bits per heavy atom. The van der Waals surface area contributed by atoms with Crippen molar-refractivity contribution in [3.63, 3.8) is 0 Å². The van der Waals surface area contributed by atoms with Crippen LogP contribution in [0.2, 0.25) is 5.02 Å². The Hall–Kier alpha value is -2.92. The lowest BCUT2D eigenvalue weighted by Crippen LogP contribution is -2.03. The Morgan fingerprint density at radius 1 is 1.55 bits per heavy atom. The maximum Gasteiger partial charge on any atom is 0.337 e. The fourth-order valence-corrected chi connectivity index (χ4v) is 1.65. The number of para-hydroxylation sites is 1. The Labute approximate surface area is 117 Å². The van der Waals surface area contributed by atoms with Crippen LogP contribution >= 0.6 is 11.6 Å². The number of allylic oxidation sites excluding steroid dienone is 1. The number of rotatable bonds is 4. The molecule has 9 heteroatoms. The summed E-state index contributed by atoms with van der Waals surface area (Å²) in [6, 6.07) is 6.31. The molecule has 0 fully saturated rings. The van der Waals surface area contributed by atoms with Crippen LogP contribution in [0.1, 0.15) is 16.2 Å². The molecule has 0 aliphatic heterocycles. The maximum absolute atomic E-state index is 11.1. The van der Waals surface area contributed by atoms with E-state index in [0.717, 1.165) is 0 Å². The summed E-state index contributed by atoms with van der Waals surface area (Å²) >= 11 is 5.94. The second-order valence-corrected chi connectivity index (χ2v) is 3.92. The molecule has 0 unspecified atom stereocenters. The second-order valence-electron chi connectivity index (χ2n) is 3.52. The van der Waals surface area contributed by atoms with Crippen LogP contribution in [0.5, 0.6) is 0 Å². The minimum Gasteiger partial charge on any atom is -0.478 e. The summed E-state index contributed by atoms with van der Waals surface area (Å²) in [6.45, 7) is 0. The summed E-state index contributed by atoms with van der Waals surface area (Å²) in [6.07, 6.45) is 1.26. The summed E-state index contributed by atoms with van der Waals surface area (Å²) in [5, 5.41) is 33.8. The topological polar surface area (TPSA) is 128 Å². The normalized spacial score (nSPS) is 10.9. The molecule has 2 aromatic rings. The van der Waals surface area contributed by atoms with Crippen LogP contribution in [-0.4, -0.2) is 31.7 Å². The van der Waals surface area contributed by atoms with Crippen LogP contribution in [-0.2, 0) is 0 Å². The van der Waals surface area contributed by atoms with Gasteiger partial charge in [0.15, 0.2) is 0 Å². The van der Waals surface area contributed by atoms with E-state index < -0.39 is 5.97 Å². The minimum absolute atomic E-state index is 0.0147. The third-order valence-electron chi connectivity index (χ3n) is 2.31. The first-order valence-corrected chi connectivity index (χ1v) is 5.63. The fourth-order valence-electron chi connectivity index (χ4n) is 1.42. The third-order valence-corrected chi connectivity index (χ3v) is 2.63. The zero-order valence-electron chi connectivity index (χ0n) is 9.83. The van der Waals surface area contributed by atoms with Gasteiger partial charge in [-0.3, -0.25) is 0 Å². The van der Waals surface area contributed by atoms with Gasteiger partial charge in [0.25, 0.3) is 0 Å². The number of carboxylic acid groups (broad SMARTS) is 1. The van der Waals surface area contributed by atoms with Gasteiger partial charge in [0, 0.05) is 6.20 Å². The Morgan fingerprint density at radius 2 is 2.35 bits per heavy atom. The molecule has 0 atom stereocenters. The monoisotopic (exact) mass is 290 g/mol. The molecule has 0 bridgehead atoms. The van der Waals surface area contributed by atoms with Gasteiger partial charge in [0.1, 0.15) is 11.6 Å². The third kappa shape index (κ3) is 2.73. The van der Waals surface area contributed by atoms with E-state index in [-0.39, 0.29) is 27.7 Å². The first-order chi connectivity index (χ1) is 9.63. The van der Waals surface area contributed by atoms with Crippen molar-refractivity contribution in [1.29, 1.82) is 5.26 Å². The fraction of sp³-hybridized carbons (Fsp3) is 0. The molecule has 2 rings (SSSR count). The molecule has 3 N–H and O–H groups in total. The predicted octanol–water partition coefficient (Wildman–Crippen LogP) is 1.53. The molecule has 1 heterocycles. The number of carbonyl (C=O) groups is 1. The Bertz CT molecular complexity index is 704. The number of nitriles is 1. The van der Waals surface area contributed by atoms with E-state index in [9.17, 15) is 4.79 Å². The van der Waals surface area contributed by atoms with Crippen LogP contribution in [0, 0.1) is 11.3 Å². The average molecular weight is 291 g/mol. The lowest BCUT2D eigenvalue weighted by molar-refractivity contribution is 0.0698. The zero-order valence-corrected chi connectivity index (χ0v) is 10.6. The number of aromatic nitrogens is 4. The van der Waals surface area contributed by atoms with Crippen molar-refractivity contribution in [2.75, 3.05) is 5.32 Å². The molecule has 100 valence electrons. The largest absolute Gasteiger partial charge is 0.478 e. The molecular formula is C11H7ClN6O2. The number of nitrogens with zero attached hydrogens (tertiary/aromatic N) is 4. The van der Waals surface area contributed by atoms with Crippen molar-refractivity contribution in [2.24, 2.45) is 0 Å². The van der Waals surface area contributed by atoms with E-state index in [4.69, 9.17) is 22.0 Å². The zero-order chi connectivity index (χ0) is 14.5. The highest BCUT2D eigenvalue weighted by atomic mass is 35.5. The molecular weight excluding hydrogens is 284 g/mol.